The van der Waals surface area contributed by atoms with Gasteiger partial charge in [-0.15, -0.1) is 0 Å². The van der Waals surface area contributed by atoms with Crippen LogP contribution in [0.25, 0.3) is 0 Å². The van der Waals surface area contributed by atoms with Crippen molar-refractivity contribution in [2.75, 3.05) is 46.4 Å². The molecule has 0 bridgehead atoms. The number of nitrogens with zero attached hydrogens (tertiary/aromatic N) is 2. The first-order valence-electron chi connectivity index (χ1n) is 9.29. The number of hydrogen-bond donors (Lipinski definition) is 0. The molecule has 0 N–H and O–H groups in total. The average Bonchev–Trinajstić information content (AvgIpc) is 2.60. The lowest BCUT2D eigenvalue weighted by Crippen LogP contribution is -2.45. The Morgan fingerprint density at radius 1 is 0.920 bits per heavy atom. The van der Waals surface area contributed by atoms with Gasteiger partial charge < -0.3 is 9.64 Å². The van der Waals surface area contributed by atoms with Crippen LogP contribution >= 0.6 is 0 Å². The first-order chi connectivity index (χ1) is 12.1. The summed E-state index contributed by atoms with van der Waals surface area (Å²) < 4.78 is 6.18. The van der Waals surface area contributed by atoms with Crippen LogP contribution in [-0.4, -0.2) is 56.2 Å². The van der Waals surface area contributed by atoms with E-state index in [1.54, 1.807) is 0 Å². The molecule has 0 aromatic heterocycles. The van der Waals surface area contributed by atoms with E-state index in [1.807, 2.05) is 0 Å². The van der Waals surface area contributed by atoms with E-state index in [4.69, 9.17) is 4.74 Å². The highest BCUT2D eigenvalue weighted by Crippen LogP contribution is 2.24. The van der Waals surface area contributed by atoms with Crippen LogP contribution in [0.2, 0.25) is 0 Å². The maximum Gasteiger partial charge on any atom is 0.122 e. The van der Waals surface area contributed by atoms with Crippen molar-refractivity contribution < 1.29 is 4.74 Å². The Bertz CT molecular complexity index is 690. The van der Waals surface area contributed by atoms with Crippen LogP contribution in [0.3, 0.4) is 0 Å². The molecule has 0 aliphatic carbocycles. The van der Waals surface area contributed by atoms with E-state index >= 15 is 0 Å². The first-order valence-corrected chi connectivity index (χ1v) is 9.29. The molecular weight excluding hydrogens is 308 g/mol. The molecule has 134 valence electrons. The third-order valence-electron chi connectivity index (χ3n) is 5.12. The van der Waals surface area contributed by atoms with Gasteiger partial charge in [-0.1, -0.05) is 42.0 Å². The number of piperazine rings is 1. The maximum absolute atomic E-state index is 6.18. The van der Waals surface area contributed by atoms with Crippen LogP contribution in [0, 0.1) is 13.8 Å². The molecule has 2 aromatic rings. The van der Waals surface area contributed by atoms with Crippen molar-refractivity contribution in [3.8, 4) is 5.75 Å². The minimum atomic E-state index is 0.757. The first kappa shape index (κ1) is 18.0. The lowest BCUT2D eigenvalue weighted by atomic mass is 9.99. The molecule has 25 heavy (non-hydrogen) atoms. The fourth-order valence-electron chi connectivity index (χ4n) is 3.36. The summed E-state index contributed by atoms with van der Waals surface area (Å²) in [6, 6.07) is 15.1. The van der Waals surface area contributed by atoms with Crippen LogP contribution in [0.1, 0.15) is 22.3 Å². The average molecular weight is 338 g/mol. The molecule has 1 heterocycles. The van der Waals surface area contributed by atoms with Crippen molar-refractivity contribution in [2.45, 2.75) is 20.3 Å². The fraction of sp³-hybridized carbons (Fsp3) is 0.455. The van der Waals surface area contributed by atoms with Gasteiger partial charge in [0.25, 0.3) is 0 Å². The van der Waals surface area contributed by atoms with E-state index in [1.165, 1.54) is 22.3 Å². The van der Waals surface area contributed by atoms with Crippen molar-refractivity contribution in [3.05, 3.63) is 64.7 Å². The van der Waals surface area contributed by atoms with E-state index in [9.17, 15) is 0 Å². The van der Waals surface area contributed by atoms with Gasteiger partial charge in [-0.05, 0) is 43.7 Å². The van der Waals surface area contributed by atoms with Crippen LogP contribution in [0.4, 0.5) is 0 Å². The zero-order chi connectivity index (χ0) is 17.6. The van der Waals surface area contributed by atoms with Gasteiger partial charge in [0.15, 0.2) is 0 Å². The second kappa shape index (κ2) is 8.50. The molecule has 1 fully saturated rings. The van der Waals surface area contributed by atoms with Gasteiger partial charge >= 0.3 is 0 Å². The third kappa shape index (κ3) is 5.07. The van der Waals surface area contributed by atoms with Crippen LogP contribution in [-0.2, 0) is 6.42 Å². The Hall–Kier alpha value is -1.84. The van der Waals surface area contributed by atoms with E-state index in [0.29, 0.717) is 0 Å². The van der Waals surface area contributed by atoms with Gasteiger partial charge in [0.1, 0.15) is 12.4 Å². The van der Waals surface area contributed by atoms with Crippen LogP contribution in [0.15, 0.2) is 42.5 Å². The standard InChI is InChI=1S/C22H30N2O/c1-18-8-9-22(25-15-14-24-12-10-23(3)11-13-24)21(16-18)17-20-7-5-4-6-19(20)2/h4-9,16H,10-15,17H2,1-3H3. The molecule has 2 aromatic carbocycles. The Morgan fingerprint density at radius 3 is 2.44 bits per heavy atom. The smallest absolute Gasteiger partial charge is 0.122 e. The molecule has 0 unspecified atom stereocenters. The molecule has 1 saturated heterocycles. The lowest BCUT2D eigenvalue weighted by molar-refractivity contribution is 0.133. The predicted molar refractivity (Wildman–Crippen MR) is 105 cm³/mol. The van der Waals surface area contributed by atoms with Crippen molar-refractivity contribution in [1.82, 2.24) is 9.80 Å². The monoisotopic (exact) mass is 338 g/mol. The Kier molecular flexibility index (Phi) is 6.11. The topological polar surface area (TPSA) is 15.7 Å². The summed E-state index contributed by atoms with van der Waals surface area (Å²) in [5.41, 5.74) is 5.28. The summed E-state index contributed by atoms with van der Waals surface area (Å²) in [7, 11) is 2.19. The Balaban J connectivity index is 1.62. The van der Waals surface area contributed by atoms with Gasteiger partial charge in [-0.25, -0.2) is 0 Å². The van der Waals surface area contributed by atoms with Crippen molar-refractivity contribution >= 4 is 0 Å². The molecule has 0 amide bonds. The summed E-state index contributed by atoms with van der Waals surface area (Å²) in [5, 5.41) is 0. The Morgan fingerprint density at radius 2 is 1.68 bits per heavy atom. The molecule has 0 saturated carbocycles. The van der Waals surface area contributed by atoms with Crippen molar-refractivity contribution in [1.29, 1.82) is 0 Å². The van der Waals surface area contributed by atoms with Gasteiger partial charge in [0.05, 0.1) is 0 Å². The summed E-state index contributed by atoms with van der Waals surface area (Å²) >= 11 is 0. The van der Waals surface area contributed by atoms with E-state index < -0.39 is 0 Å². The van der Waals surface area contributed by atoms with E-state index in [2.05, 4.69) is 73.2 Å². The minimum Gasteiger partial charge on any atom is -0.492 e. The maximum atomic E-state index is 6.18. The predicted octanol–water partition coefficient (Wildman–Crippen LogP) is 3.52. The normalized spacial score (nSPS) is 16.1. The molecule has 0 radical (unpaired) electrons. The quantitative estimate of drug-likeness (QED) is 0.801. The number of ether oxygens (including phenoxy) is 1. The molecule has 1 aliphatic heterocycles. The molecule has 0 spiro atoms. The number of aryl methyl sites for hydroxylation is 2. The van der Waals surface area contributed by atoms with Crippen molar-refractivity contribution in [2.24, 2.45) is 0 Å². The largest absolute Gasteiger partial charge is 0.492 e. The molecule has 3 heteroatoms. The second-order valence-electron chi connectivity index (χ2n) is 7.21. The SMILES string of the molecule is Cc1ccc(OCCN2CCN(C)CC2)c(Cc2ccccc2C)c1. The highest BCUT2D eigenvalue weighted by molar-refractivity contribution is 5.41. The molecular formula is C22H30N2O. The van der Waals surface area contributed by atoms with Gasteiger partial charge in [-0.3, -0.25) is 4.90 Å². The number of benzene rings is 2. The van der Waals surface area contributed by atoms with Crippen LogP contribution < -0.4 is 4.74 Å². The van der Waals surface area contributed by atoms with Crippen molar-refractivity contribution in [3.63, 3.8) is 0 Å². The molecule has 1 aliphatic rings. The summed E-state index contributed by atoms with van der Waals surface area (Å²) in [5.74, 6) is 1.03. The zero-order valence-electron chi connectivity index (χ0n) is 15.8. The fourth-order valence-corrected chi connectivity index (χ4v) is 3.36. The highest BCUT2D eigenvalue weighted by Gasteiger charge is 2.14. The molecule has 0 atom stereocenters. The summed E-state index contributed by atoms with van der Waals surface area (Å²) in [6.07, 6.45) is 0.929. The lowest BCUT2D eigenvalue weighted by Gasteiger charge is -2.32. The minimum absolute atomic E-state index is 0.757. The van der Waals surface area contributed by atoms with E-state index in [0.717, 1.165) is 51.5 Å². The van der Waals surface area contributed by atoms with E-state index in [-0.39, 0.29) is 0 Å². The Labute approximate surface area is 152 Å². The molecule has 3 nitrogen and oxygen atoms in total. The number of likely N-dealkylation sites (N-methyl/N-ethyl adjacent to an activating group) is 1. The molecule has 3 rings (SSSR count). The van der Waals surface area contributed by atoms with Gasteiger partial charge in [0, 0.05) is 39.1 Å². The second-order valence-corrected chi connectivity index (χ2v) is 7.21. The summed E-state index contributed by atoms with van der Waals surface area (Å²) in [6.45, 7) is 10.7. The third-order valence-corrected chi connectivity index (χ3v) is 5.12. The van der Waals surface area contributed by atoms with Gasteiger partial charge in [-0.2, -0.15) is 0 Å². The van der Waals surface area contributed by atoms with Crippen LogP contribution in [0.5, 0.6) is 5.75 Å². The van der Waals surface area contributed by atoms with Gasteiger partial charge in [0.2, 0.25) is 0 Å². The zero-order valence-corrected chi connectivity index (χ0v) is 15.8. The highest BCUT2D eigenvalue weighted by atomic mass is 16.5. The number of hydrogen-bond acceptors (Lipinski definition) is 3. The summed E-state index contributed by atoms with van der Waals surface area (Å²) in [4.78, 5) is 4.88. The number of rotatable bonds is 6.